The molecule has 13 heavy (non-hydrogen) atoms. The summed E-state index contributed by atoms with van der Waals surface area (Å²) in [6, 6.07) is 0. The molecule has 4 N–H and O–H groups in total. The molecule has 6 heteroatoms. The van der Waals surface area contributed by atoms with E-state index in [9.17, 15) is 10.2 Å². The van der Waals surface area contributed by atoms with Gasteiger partial charge in [-0.05, 0) is 0 Å². The summed E-state index contributed by atoms with van der Waals surface area (Å²) in [5.41, 5.74) is 0. The third-order valence-corrected chi connectivity index (χ3v) is 2.11. The molecule has 0 radical (unpaired) electrons. The van der Waals surface area contributed by atoms with Crippen LogP contribution >= 0.6 is 0 Å². The van der Waals surface area contributed by atoms with Crippen molar-refractivity contribution < 1.29 is 29.9 Å². The van der Waals surface area contributed by atoms with Crippen LogP contribution in [0.25, 0.3) is 0 Å². The summed E-state index contributed by atoms with van der Waals surface area (Å²) in [5.74, 6) is 0. The zero-order chi connectivity index (χ0) is 10.0. The topological polar surface area (TPSA) is 99.4 Å². The normalized spacial score (nSPS) is 46.4. The quantitative estimate of drug-likeness (QED) is 0.386. The van der Waals surface area contributed by atoms with Gasteiger partial charge in [-0.3, -0.25) is 0 Å². The number of methoxy groups -OCH3 is 1. The lowest BCUT2D eigenvalue weighted by Gasteiger charge is -2.39. The summed E-state index contributed by atoms with van der Waals surface area (Å²) in [5, 5.41) is 36.6. The molecule has 0 amide bonds. The minimum atomic E-state index is -1.44. The van der Waals surface area contributed by atoms with E-state index in [-0.39, 0.29) is 0 Å². The van der Waals surface area contributed by atoms with E-state index in [0.29, 0.717) is 0 Å². The van der Waals surface area contributed by atoms with Crippen molar-refractivity contribution in [1.29, 1.82) is 0 Å². The lowest BCUT2D eigenvalue weighted by molar-refractivity contribution is -0.290. The molecule has 0 aromatic carbocycles. The molecule has 1 heterocycles. The fraction of sp³-hybridized carbons (Fsp3) is 1.00. The molecule has 78 valence electrons. The maximum absolute atomic E-state index is 9.44. The Morgan fingerprint density at radius 3 is 2.31 bits per heavy atom. The molecule has 0 saturated carbocycles. The number of rotatable bonds is 2. The molecule has 0 aliphatic carbocycles. The third-order valence-electron chi connectivity index (χ3n) is 2.11. The average Bonchev–Trinajstić information content (AvgIpc) is 2.12. The molecule has 1 aliphatic rings. The van der Waals surface area contributed by atoms with Gasteiger partial charge in [-0.1, -0.05) is 0 Å². The standard InChI is InChI=1S/C7H14O6/c1-12-6-4(9)3(2-8)13-7(11)5(6)10/h3-11H,2H2,1H3/t3?,4-,5?,6?,7-/m1/s1. The summed E-state index contributed by atoms with van der Waals surface area (Å²) in [4.78, 5) is 0. The third kappa shape index (κ3) is 1.98. The van der Waals surface area contributed by atoms with E-state index < -0.39 is 37.3 Å². The molecule has 6 nitrogen and oxygen atoms in total. The summed E-state index contributed by atoms with van der Waals surface area (Å²) in [7, 11) is 1.30. The Hall–Kier alpha value is -0.240. The molecular formula is C7H14O6. The van der Waals surface area contributed by atoms with Crippen LogP contribution in [0.2, 0.25) is 0 Å². The van der Waals surface area contributed by atoms with Gasteiger partial charge >= 0.3 is 0 Å². The predicted octanol–water partition coefficient (Wildman–Crippen LogP) is -2.57. The fourth-order valence-corrected chi connectivity index (χ4v) is 1.35. The largest absolute Gasteiger partial charge is 0.394 e. The Labute approximate surface area is 75.3 Å². The Balaban J connectivity index is 2.69. The van der Waals surface area contributed by atoms with Gasteiger partial charge in [0, 0.05) is 7.11 Å². The lowest BCUT2D eigenvalue weighted by Crippen LogP contribution is -2.59. The smallest absolute Gasteiger partial charge is 0.184 e. The van der Waals surface area contributed by atoms with Crippen LogP contribution in [0.15, 0.2) is 0 Å². The van der Waals surface area contributed by atoms with E-state index in [1.54, 1.807) is 0 Å². The van der Waals surface area contributed by atoms with Crippen LogP contribution in [-0.2, 0) is 9.47 Å². The highest BCUT2D eigenvalue weighted by atomic mass is 16.6. The molecule has 1 rings (SSSR count). The monoisotopic (exact) mass is 194 g/mol. The minimum absolute atomic E-state index is 0.440. The van der Waals surface area contributed by atoms with E-state index in [0.717, 1.165) is 0 Å². The second-order valence-electron chi connectivity index (χ2n) is 2.93. The zero-order valence-corrected chi connectivity index (χ0v) is 7.20. The Kier molecular flexibility index (Phi) is 3.60. The van der Waals surface area contributed by atoms with Crippen molar-refractivity contribution in [2.24, 2.45) is 0 Å². The Bertz CT molecular complexity index is 163. The second kappa shape index (κ2) is 4.32. The Morgan fingerprint density at radius 2 is 1.85 bits per heavy atom. The van der Waals surface area contributed by atoms with E-state index in [1.807, 2.05) is 0 Å². The number of aliphatic hydroxyl groups is 4. The van der Waals surface area contributed by atoms with Gasteiger partial charge in [0.15, 0.2) is 6.29 Å². The van der Waals surface area contributed by atoms with Crippen molar-refractivity contribution in [2.45, 2.75) is 30.7 Å². The van der Waals surface area contributed by atoms with Gasteiger partial charge in [0.1, 0.15) is 24.4 Å². The average molecular weight is 194 g/mol. The SMILES string of the molecule is COC1C(O)[C@H](O)OC(CO)[C@H]1O. The first-order chi connectivity index (χ1) is 6.11. The molecule has 0 aromatic heterocycles. The maximum Gasteiger partial charge on any atom is 0.184 e. The van der Waals surface area contributed by atoms with E-state index in [4.69, 9.17) is 19.7 Å². The summed E-state index contributed by atoms with van der Waals surface area (Å²) in [6.45, 7) is -0.440. The highest BCUT2D eigenvalue weighted by molar-refractivity contribution is 4.89. The predicted molar refractivity (Wildman–Crippen MR) is 40.8 cm³/mol. The van der Waals surface area contributed by atoms with Gasteiger partial charge in [-0.25, -0.2) is 0 Å². The minimum Gasteiger partial charge on any atom is -0.394 e. The van der Waals surface area contributed by atoms with Gasteiger partial charge in [0.2, 0.25) is 0 Å². The molecule has 0 aromatic rings. The number of hydrogen-bond donors (Lipinski definition) is 4. The molecule has 1 saturated heterocycles. The van der Waals surface area contributed by atoms with Crippen molar-refractivity contribution in [2.75, 3.05) is 13.7 Å². The van der Waals surface area contributed by atoms with E-state index in [2.05, 4.69) is 0 Å². The number of ether oxygens (including phenoxy) is 2. The molecule has 0 spiro atoms. The first-order valence-electron chi connectivity index (χ1n) is 3.95. The van der Waals surface area contributed by atoms with Crippen LogP contribution in [0.3, 0.4) is 0 Å². The molecular weight excluding hydrogens is 180 g/mol. The van der Waals surface area contributed by atoms with Crippen LogP contribution < -0.4 is 0 Å². The van der Waals surface area contributed by atoms with Crippen molar-refractivity contribution in [3.63, 3.8) is 0 Å². The van der Waals surface area contributed by atoms with Crippen molar-refractivity contribution >= 4 is 0 Å². The maximum atomic E-state index is 9.44. The van der Waals surface area contributed by atoms with Gasteiger partial charge in [0.25, 0.3) is 0 Å². The van der Waals surface area contributed by atoms with Gasteiger partial charge in [-0.15, -0.1) is 0 Å². The van der Waals surface area contributed by atoms with Crippen LogP contribution in [-0.4, -0.2) is 64.8 Å². The molecule has 1 fully saturated rings. The second-order valence-corrected chi connectivity index (χ2v) is 2.93. The molecule has 5 atom stereocenters. The van der Waals surface area contributed by atoms with Crippen molar-refractivity contribution in [3.05, 3.63) is 0 Å². The van der Waals surface area contributed by atoms with Crippen molar-refractivity contribution in [3.8, 4) is 0 Å². The van der Waals surface area contributed by atoms with Gasteiger partial charge < -0.3 is 29.9 Å². The first-order valence-corrected chi connectivity index (χ1v) is 3.95. The van der Waals surface area contributed by atoms with E-state index >= 15 is 0 Å². The summed E-state index contributed by atoms with van der Waals surface area (Å²) in [6.07, 6.45) is -5.76. The van der Waals surface area contributed by atoms with Crippen LogP contribution in [0.5, 0.6) is 0 Å². The van der Waals surface area contributed by atoms with E-state index in [1.165, 1.54) is 7.11 Å². The highest BCUT2D eigenvalue weighted by Gasteiger charge is 2.43. The van der Waals surface area contributed by atoms with Crippen LogP contribution in [0, 0.1) is 0 Å². The summed E-state index contributed by atoms with van der Waals surface area (Å²) < 4.78 is 9.48. The van der Waals surface area contributed by atoms with Crippen molar-refractivity contribution in [1.82, 2.24) is 0 Å². The molecule has 3 unspecified atom stereocenters. The molecule has 0 bridgehead atoms. The molecule has 1 aliphatic heterocycles. The number of hydrogen-bond acceptors (Lipinski definition) is 6. The number of aliphatic hydroxyl groups excluding tert-OH is 4. The van der Waals surface area contributed by atoms with Crippen LogP contribution in [0.1, 0.15) is 0 Å². The van der Waals surface area contributed by atoms with Gasteiger partial charge in [-0.2, -0.15) is 0 Å². The van der Waals surface area contributed by atoms with Crippen LogP contribution in [0.4, 0.5) is 0 Å². The first kappa shape index (κ1) is 10.8. The lowest BCUT2D eigenvalue weighted by atomic mass is 9.99. The fourth-order valence-electron chi connectivity index (χ4n) is 1.35. The Morgan fingerprint density at radius 1 is 1.23 bits per heavy atom. The highest BCUT2D eigenvalue weighted by Crippen LogP contribution is 2.21. The summed E-state index contributed by atoms with van der Waals surface area (Å²) >= 11 is 0. The van der Waals surface area contributed by atoms with Gasteiger partial charge in [0.05, 0.1) is 6.61 Å². The zero-order valence-electron chi connectivity index (χ0n) is 7.20.